The molecule has 0 bridgehead atoms. The summed E-state index contributed by atoms with van der Waals surface area (Å²) in [5, 5.41) is 0. The van der Waals surface area contributed by atoms with E-state index in [2.05, 4.69) is 6.72 Å². The molecular formula is C14H17N2O3+. The quantitative estimate of drug-likeness (QED) is 0.454. The first-order chi connectivity index (χ1) is 8.99. The van der Waals surface area contributed by atoms with Crippen LogP contribution in [0.15, 0.2) is 24.3 Å². The van der Waals surface area contributed by atoms with Gasteiger partial charge in [-0.3, -0.25) is 14.5 Å². The van der Waals surface area contributed by atoms with E-state index in [1.807, 2.05) is 25.2 Å². The lowest BCUT2D eigenvalue weighted by Gasteiger charge is -2.14. The van der Waals surface area contributed by atoms with Gasteiger partial charge in [0.25, 0.3) is 5.91 Å². The van der Waals surface area contributed by atoms with Crippen LogP contribution in [0.3, 0.4) is 0 Å². The van der Waals surface area contributed by atoms with E-state index in [9.17, 15) is 9.59 Å². The topological polar surface area (TPSA) is 49.6 Å². The summed E-state index contributed by atoms with van der Waals surface area (Å²) in [5.74, 6) is 0.129. The molecule has 1 atom stereocenters. The lowest BCUT2D eigenvalue weighted by atomic mass is 10.2. The summed E-state index contributed by atoms with van der Waals surface area (Å²) in [7, 11) is 3.33. The fourth-order valence-electron chi connectivity index (χ4n) is 2.01. The molecule has 5 heteroatoms. The monoisotopic (exact) mass is 261 g/mol. The van der Waals surface area contributed by atoms with E-state index in [1.54, 1.807) is 10.6 Å². The molecule has 0 aliphatic carbocycles. The Morgan fingerprint density at radius 2 is 2.11 bits per heavy atom. The average Bonchev–Trinajstić information content (AvgIpc) is 2.59. The van der Waals surface area contributed by atoms with E-state index in [0.29, 0.717) is 12.3 Å². The summed E-state index contributed by atoms with van der Waals surface area (Å²) in [6, 6.07) is 7.46. The van der Waals surface area contributed by atoms with Crippen LogP contribution in [0.1, 0.15) is 12.0 Å². The zero-order valence-electron chi connectivity index (χ0n) is 11.1. The standard InChI is InChI=1S/C14H17N2O3/c1-15(2)9-10-6-4-5-7-11(10)19-12-8-13(17)16(3)14(12)18/h4-7,12H,1,8-9H2,2-3H3/q+1. The Balaban J connectivity index is 2.18. The molecule has 1 aliphatic heterocycles. The largest absolute Gasteiger partial charge is 0.479 e. The number of imide groups is 1. The summed E-state index contributed by atoms with van der Waals surface area (Å²) in [4.78, 5) is 24.4. The van der Waals surface area contributed by atoms with Gasteiger partial charge in [0.2, 0.25) is 5.91 Å². The van der Waals surface area contributed by atoms with Crippen LogP contribution >= 0.6 is 0 Å². The number of benzene rings is 1. The molecule has 0 aromatic heterocycles. The lowest BCUT2D eigenvalue weighted by Crippen LogP contribution is -2.30. The number of nitrogens with zero attached hydrogens (tertiary/aromatic N) is 2. The molecule has 1 saturated heterocycles. The normalized spacial score (nSPS) is 18.8. The van der Waals surface area contributed by atoms with Crippen molar-refractivity contribution in [1.82, 2.24) is 4.90 Å². The highest BCUT2D eigenvalue weighted by Crippen LogP contribution is 2.23. The maximum absolute atomic E-state index is 11.8. The summed E-state index contributed by atoms with van der Waals surface area (Å²) in [5.41, 5.74) is 0.940. The number of ether oxygens (including phenoxy) is 1. The zero-order valence-corrected chi connectivity index (χ0v) is 11.1. The van der Waals surface area contributed by atoms with E-state index in [4.69, 9.17) is 4.74 Å². The summed E-state index contributed by atoms with van der Waals surface area (Å²) >= 11 is 0. The average molecular weight is 261 g/mol. The number of carbonyl (C=O) groups is 2. The third-order valence-corrected chi connectivity index (χ3v) is 3.02. The number of hydrogen-bond donors (Lipinski definition) is 0. The van der Waals surface area contributed by atoms with Gasteiger partial charge in [0.15, 0.2) is 12.6 Å². The van der Waals surface area contributed by atoms with Gasteiger partial charge < -0.3 is 4.74 Å². The Morgan fingerprint density at radius 3 is 2.68 bits per heavy atom. The summed E-state index contributed by atoms with van der Waals surface area (Å²) in [6.07, 6.45) is -0.613. The van der Waals surface area contributed by atoms with Gasteiger partial charge in [-0.05, 0) is 12.1 Å². The minimum absolute atomic E-state index is 0.101. The first kappa shape index (κ1) is 13.3. The molecule has 1 aromatic carbocycles. The van der Waals surface area contributed by atoms with Crippen molar-refractivity contribution >= 4 is 18.5 Å². The van der Waals surface area contributed by atoms with Crippen molar-refractivity contribution in [2.75, 3.05) is 14.1 Å². The Hall–Kier alpha value is -2.17. The van der Waals surface area contributed by atoms with E-state index in [-0.39, 0.29) is 18.2 Å². The maximum atomic E-state index is 11.8. The molecule has 19 heavy (non-hydrogen) atoms. The first-order valence-electron chi connectivity index (χ1n) is 6.05. The third kappa shape index (κ3) is 2.81. The Bertz CT molecular complexity index is 539. The molecule has 2 rings (SSSR count). The molecule has 2 amide bonds. The van der Waals surface area contributed by atoms with Gasteiger partial charge in [-0.1, -0.05) is 12.1 Å². The summed E-state index contributed by atoms with van der Waals surface area (Å²) < 4.78 is 7.47. The third-order valence-electron chi connectivity index (χ3n) is 3.02. The smallest absolute Gasteiger partial charge is 0.270 e. The van der Waals surface area contributed by atoms with Gasteiger partial charge in [-0.25, -0.2) is 4.58 Å². The Kier molecular flexibility index (Phi) is 3.64. The number of amides is 2. The molecule has 5 nitrogen and oxygen atoms in total. The van der Waals surface area contributed by atoms with Crippen LogP contribution < -0.4 is 4.74 Å². The number of hydrogen-bond acceptors (Lipinski definition) is 3. The van der Waals surface area contributed by atoms with Gasteiger partial charge in [0.1, 0.15) is 19.5 Å². The van der Waals surface area contributed by atoms with Crippen molar-refractivity contribution in [3.8, 4) is 5.75 Å². The van der Waals surface area contributed by atoms with Crippen LogP contribution in [0.2, 0.25) is 0 Å². The second-order valence-electron chi connectivity index (χ2n) is 4.72. The first-order valence-corrected chi connectivity index (χ1v) is 6.05. The van der Waals surface area contributed by atoms with Gasteiger partial charge >= 0.3 is 0 Å². The van der Waals surface area contributed by atoms with E-state index in [1.165, 1.54) is 7.05 Å². The molecule has 0 N–H and O–H groups in total. The van der Waals surface area contributed by atoms with Crippen molar-refractivity contribution in [3.63, 3.8) is 0 Å². The fourth-order valence-corrected chi connectivity index (χ4v) is 2.01. The second-order valence-corrected chi connectivity index (χ2v) is 4.72. The highest BCUT2D eigenvalue weighted by atomic mass is 16.5. The molecule has 1 heterocycles. The van der Waals surface area contributed by atoms with Crippen LogP contribution in [-0.4, -0.2) is 48.2 Å². The minimum Gasteiger partial charge on any atom is -0.479 e. The highest BCUT2D eigenvalue weighted by Gasteiger charge is 2.38. The molecule has 1 aromatic rings. The molecular weight excluding hydrogens is 244 g/mol. The van der Waals surface area contributed by atoms with Gasteiger partial charge in [-0.15, -0.1) is 0 Å². The van der Waals surface area contributed by atoms with Crippen molar-refractivity contribution in [2.24, 2.45) is 0 Å². The fraction of sp³-hybridized carbons (Fsp3) is 0.357. The lowest BCUT2D eigenvalue weighted by molar-refractivity contribution is -0.505. The predicted molar refractivity (Wildman–Crippen MR) is 70.3 cm³/mol. The minimum atomic E-state index is -0.714. The molecule has 1 unspecified atom stereocenters. The molecule has 1 fully saturated rings. The maximum Gasteiger partial charge on any atom is 0.270 e. The van der Waals surface area contributed by atoms with E-state index in [0.717, 1.165) is 10.5 Å². The van der Waals surface area contributed by atoms with Crippen LogP contribution in [0.5, 0.6) is 5.75 Å². The van der Waals surface area contributed by atoms with Crippen LogP contribution in [0.4, 0.5) is 0 Å². The van der Waals surface area contributed by atoms with E-state index < -0.39 is 6.10 Å². The van der Waals surface area contributed by atoms with Crippen LogP contribution in [0, 0.1) is 0 Å². The van der Waals surface area contributed by atoms with Crippen molar-refractivity contribution in [1.29, 1.82) is 0 Å². The molecule has 0 saturated carbocycles. The molecule has 0 radical (unpaired) electrons. The Morgan fingerprint density at radius 1 is 1.42 bits per heavy atom. The number of rotatable bonds is 4. The van der Waals surface area contributed by atoms with Crippen molar-refractivity contribution < 1.29 is 18.9 Å². The van der Waals surface area contributed by atoms with E-state index >= 15 is 0 Å². The van der Waals surface area contributed by atoms with Gasteiger partial charge in [0.05, 0.1) is 12.0 Å². The molecule has 100 valence electrons. The predicted octanol–water partition coefficient (Wildman–Crippen LogP) is 0.666. The Labute approximate surface area is 112 Å². The van der Waals surface area contributed by atoms with Crippen molar-refractivity contribution in [3.05, 3.63) is 29.8 Å². The van der Waals surface area contributed by atoms with Gasteiger partial charge in [0, 0.05) is 7.05 Å². The van der Waals surface area contributed by atoms with Crippen molar-refractivity contribution in [2.45, 2.75) is 19.1 Å². The number of para-hydroxylation sites is 1. The zero-order chi connectivity index (χ0) is 14.0. The van der Waals surface area contributed by atoms with Gasteiger partial charge in [-0.2, -0.15) is 0 Å². The highest BCUT2D eigenvalue weighted by molar-refractivity contribution is 6.04. The molecule has 1 aliphatic rings. The SMILES string of the molecule is C=[N+](C)Cc1ccccc1OC1CC(=O)N(C)C1=O. The number of likely N-dealkylation sites (tertiary alicyclic amines) is 1. The second kappa shape index (κ2) is 5.22. The number of likely N-dealkylation sites (N-methyl/N-ethyl adjacent to an activating group) is 1. The van der Waals surface area contributed by atoms with Crippen LogP contribution in [0.25, 0.3) is 0 Å². The molecule has 0 spiro atoms. The number of carbonyl (C=O) groups excluding carboxylic acids is 2. The summed E-state index contributed by atoms with van der Waals surface area (Å²) in [6.45, 7) is 4.41. The van der Waals surface area contributed by atoms with Crippen LogP contribution in [-0.2, 0) is 16.1 Å².